The van der Waals surface area contributed by atoms with Gasteiger partial charge < -0.3 is 10.1 Å². The molecule has 0 fully saturated rings. The Kier molecular flexibility index (Phi) is 8.61. The number of benzene rings is 2. The number of rotatable bonds is 8. The van der Waals surface area contributed by atoms with Crippen molar-refractivity contribution >= 4 is 17.7 Å². The summed E-state index contributed by atoms with van der Waals surface area (Å²) in [6, 6.07) is 13.5. The molecule has 0 saturated carbocycles. The van der Waals surface area contributed by atoms with E-state index in [1.807, 2.05) is 45.9 Å². The van der Waals surface area contributed by atoms with Crippen molar-refractivity contribution in [1.29, 1.82) is 0 Å². The highest BCUT2D eigenvalue weighted by molar-refractivity contribution is 5.98. The molecular formula is C24H31N3O4. The molecule has 0 aliphatic heterocycles. The number of hydrogen-bond donors (Lipinski definition) is 3. The van der Waals surface area contributed by atoms with Gasteiger partial charge in [0.2, 0.25) is 0 Å². The Morgan fingerprint density at radius 1 is 0.903 bits per heavy atom. The number of hydrogen-bond acceptors (Lipinski definition) is 4. The molecule has 3 atom stereocenters. The zero-order valence-electron chi connectivity index (χ0n) is 18.7. The third-order valence-corrected chi connectivity index (χ3v) is 5.35. The molecule has 0 spiro atoms. The van der Waals surface area contributed by atoms with Gasteiger partial charge in [0.1, 0.15) is 11.8 Å². The lowest BCUT2D eigenvalue weighted by Gasteiger charge is -2.24. The third kappa shape index (κ3) is 6.57. The van der Waals surface area contributed by atoms with Crippen LogP contribution in [0.5, 0.6) is 5.75 Å². The Bertz CT molecular complexity index is 914. The zero-order valence-corrected chi connectivity index (χ0v) is 18.7. The van der Waals surface area contributed by atoms with Crippen molar-refractivity contribution in [2.24, 2.45) is 5.92 Å². The van der Waals surface area contributed by atoms with Crippen LogP contribution in [0, 0.1) is 19.8 Å². The highest BCUT2D eigenvalue weighted by Crippen LogP contribution is 2.21. The molecule has 2 aromatic carbocycles. The first kappa shape index (κ1) is 23.9. The molecule has 0 aromatic heterocycles. The zero-order chi connectivity index (χ0) is 23.0. The lowest BCUT2D eigenvalue weighted by atomic mass is 9.98. The normalized spacial score (nSPS) is 13.5. The summed E-state index contributed by atoms with van der Waals surface area (Å²) in [5.74, 6) is -0.855. The highest BCUT2D eigenvalue weighted by atomic mass is 16.5. The average Bonchev–Trinajstić information content (AvgIpc) is 2.78. The van der Waals surface area contributed by atoms with Crippen LogP contribution in [0.15, 0.2) is 48.5 Å². The minimum absolute atomic E-state index is 0.131. The number of ether oxygens (including phenoxy) is 1. The molecule has 166 valence electrons. The first-order valence-corrected chi connectivity index (χ1v) is 10.4. The van der Waals surface area contributed by atoms with E-state index in [0.29, 0.717) is 17.7 Å². The third-order valence-electron chi connectivity index (χ3n) is 5.35. The van der Waals surface area contributed by atoms with Crippen LogP contribution in [0.1, 0.15) is 48.7 Å². The van der Waals surface area contributed by atoms with E-state index in [0.717, 1.165) is 11.1 Å². The van der Waals surface area contributed by atoms with E-state index in [4.69, 9.17) is 4.74 Å². The molecule has 1 unspecified atom stereocenters. The second-order valence-electron chi connectivity index (χ2n) is 7.64. The fourth-order valence-electron chi connectivity index (χ4n) is 2.91. The summed E-state index contributed by atoms with van der Waals surface area (Å²) in [5, 5.41) is 2.76. The van der Waals surface area contributed by atoms with Gasteiger partial charge in [-0.3, -0.25) is 25.2 Å². The molecule has 2 aromatic rings. The van der Waals surface area contributed by atoms with Gasteiger partial charge in [-0.15, -0.1) is 0 Å². The van der Waals surface area contributed by atoms with E-state index in [9.17, 15) is 14.4 Å². The molecule has 7 heteroatoms. The van der Waals surface area contributed by atoms with E-state index in [1.54, 1.807) is 37.3 Å². The maximum absolute atomic E-state index is 12.7. The maximum Gasteiger partial charge on any atom is 0.279 e. The average molecular weight is 426 g/mol. The number of carbonyl (C=O) groups is 3. The number of aryl methyl sites for hydroxylation is 1. The predicted octanol–water partition coefficient (Wildman–Crippen LogP) is 3.06. The van der Waals surface area contributed by atoms with Crippen LogP contribution in [-0.4, -0.2) is 29.9 Å². The molecule has 3 N–H and O–H groups in total. The standard InChI is InChI=1S/C24H31N3O4/c1-6-15(2)21(25-23(29)19-12-8-7-9-13-19)24(30)27-26-22(28)18(5)31-20-14-10-11-16(3)17(20)4/h7-15,18,21H,6H2,1-5H3,(H,25,29)(H,26,28)(H,27,30)/t15-,18?,21-/m0/s1. The van der Waals surface area contributed by atoms with E-state index in [-0.39, 0.29) is 11.8 Å². The van der Waals surface area contributed by atoms with Crippen LogP contribution >= 0.6 is 0 Å². The molecule has 0 radical (unpaired) electrons. The monoisotopic (exact) mass is 425 g/mol. The minimum atomic E-state index is -0.818. The Morgan fingerprint density at radius 2 is 1.55 bits per heavy atom. The number of hydrazine groups is 1. The maximum atomic E-state index is 12.7. The largest absolute Gasteiger partial charge is 0.481 e. The summed E-state index contributed by atoms with van der Waals surface area (Å²) in [7, 11) is 0. The summed E-state index contributed by atoms with van der Waals surface area (Å²) in [4.78, 5) is 37.6. The van der Waals surface area contributed by atoms with Gasteiger partial charge in [-0.05, 0) is 56.0 Å². The Morgan fingerprint density at radius 3 is 2.19 bits per heavy atom. The first-order chi connectivity index (χ1) is 14.7. The SMILES string of the molecule is CC[C@H](C)[C@H](NC(=O)c1ccccc1)C(=O)NNC(=O)C(C)Oc1cccc(C)c1C. The van der Waals surface area contributed by atoms with Crippen LogP contribution in [0.3, 0.4) is 0 Å². The van der Waals surface area contributed by atoms with E-state index in [1.165, 1.54) is 0 Å². The minimum Gasteiger partial charge on any atom is -0.481 e. The molecule has 0 saturated heterocycles. The molecule has 0 heterocycles. The van der Waals surface area contributed by atoms with Crippen LogP contribution in [0.2, 0.25) is 0 Å². The predicted molar refractivity (Wildman–Crippen MR) is 119 cm³/mol. The van der Waals surface area contributed by atoms with Gasteiger partial charge in [-0.1, -0.05) is 50.6 Å². The van der Waals surface area contributed by atoms with Crippen molar-refractivity contribution in [1.82, 2.24) is 16.2 Å². The summed E-state index contributed by atoms with van der Waals surface area (Å²) in [5.41, 5.74) is 7.28. The second kappa shape index (κ2) is 11.2. The van der Waals surface area contributed by atoms with Gasteiger partial charge in [0.05, 0.1) is 0 Å². The van der Waals surface area contributed by atoms with Gasteiger partial charge in [-0.25, -0.2) is 0 Å². The highest BCUT2D eigenvalue weighted by Gasteiger charge is 2.27. The summed E-state index contributed by atoms with van der Waals surface area (Å²) >= 11 is 0. The van der Waals surface area contributed by atoms with Gasteiger partial charge in [-0.2, -0.15) is 0 Å². The molecule has 0 aliphatic rings. The summed E-state index contributed by atoms with van der Waals surface area (Å²) in [6.07, 6.45) is -0.144. The fourth-order valence-corrected chi connectivity index (χ4v) is 2.91. The Balaban J connectivity index is 1.97. The number of amides is 3. The molecule has 7 nitrogen and oxygen atoms in total. The molecule has 3 amide bonds. The van der Waals surface area contributed by atoms with Crippen LogP contribution < -0.4 is 20.9 Å². The molecule has 0 aliphatic carbocycles. The van der Waals surface area contributed by atoms with Gasteiger partial charge in [0.15, 0.2) is 6.10 Å². The van der Waals surface area contributed by atoms with Crippen molar-refractivity contribution in [2.45, 2.75) is 53.2 Å². The molecule has 2 rings (SSSR count). The Labute approximate surface area is 183 Å². The van der Waals surface area contributed by atoms with Crippen LogP contribution in [0.4, 0.5) is 0 Å². The van der Waals surface area contributed by atoms with Crippen LogP contribution in [-0.2, 0) is 9.59 Å². The lowest BCUT2D eigenvalue weighted by molar-refractivity contribution is -0.133. The molecular weight excluding hydrogens is 394 g/mol. The van der Waals surface area contributed by atoms with E-state index < -0.39 is 24.0 Å². The van der Waals surface area contributed by atoms with Crippen molar-refractivity contribution in [2.75, 3.05) is 0 Å². The fraction of sp³-hybridized carbons (Fsp3) is 0.375. The van der Waals surface area contributed by atoms with Crippen molar-refractivity contribution in [3.63, 3.8) is 0 Å². The number of carbonyl (C=O) groups excluding carboxylic acids is 3. The Hall–Kier alpha value is -3.35. The van der Waals surface area contributed by atoms with Crippen molar-refractivity contribution < 1.29 is 19.1 Å². The van der Waals surface area contributed by atoms with Gasteiger partial charge >= 0.3 is 0 Å². The number of nitrogens with one attached hydrogen (secondary N) is 3. The van der Waals surface area contributed by atoms with Gasteiger partial charge in [0, 0.05) is 5.56 Å². The van der Waals surface area contributed by atoms with Gasteiger partial charge in [0.25, 0.3) is 17.7 Å². The second-order valence-corrected chi connectivity index (χ2v) is 7.64. The van der Waals surface area contributed by atoms with Crippen molar-refractivity contribution in [3.8, 4) is 5.75 Å². The smallest absolute Gasteiger partial charge is 0.279 e. The summed E-state index contributed by atoms with van der Waals surface area (Å²) in [6.45, 7) is 9.28. The molecule has 0 bridgehead atoms. The van der Waals surface area contributed by atoms with Crippen molar-refractivity contribution in [3.05, 3.63) is 65.2 Å². The van der Waals surface area contributed by atoms with Crippen LogP contribution in [0.25, 0.3) is 0 Å². The quantitative estimate of drug-likeness (QED) is 0.567. The first-order valence-electron chi connectivity index (χ1n) is 10.4. The molecule has 31 heavy (non-hydrogen) atoms. The lowest BCUT2D eigenvalue weighted by Crippen LogP contribution is -2.56. The van der Waals surface area contributed by atoms with E-state index in [2.05, 4.69) is 16.2 Å². The van der Waals surface area contributed by atoms with E-state index >= 15 is 0 Å². The summed E-state index contributed by atoms with van der Waals surface area (Å²) < 4.78 is 5.74. The topological polar surface area (TPSA) is 96.5 Å².